The van der Waals surface area contributed by atoms with Crippen LogP contribution < -0.4 is 0 Å². The van der Waals surface area contributed by atoms with Gasteiger partial charge in [0.1, 0.15) is 11.6 Å². The van der Waals surface area contributed by atoms with E-state index in [-0.39, 0.29) is 37.8 Å². The van der Waals surface area contributed by atoms with Crippen LogP contribution in [0.5, 0.6) is 5.75 Å². The van der Waals surface area contributed by atoms with Gasteiger partial charge in [-0.3, -0.25) is 9.55 Å². The van der Waals surface area contributed by atoms with E-state index in [2.05, 4.69) is 57.2 Å². The fourth-order valence-electron chi connectivity index (χ4n) is 7.36. The molecule has 0 bridgehead atoms. The van der Waals surface area contributed by atoms with Gasteiger partial charge in [0.05, 0.1) is 22.3 Å². The summed E-state index contributed by atoms with van der Waals surface area (Å²) in [5.74, 6) is 0.352. The minimum Gasteiger partial charge on any atom is -0.507 e. The van der Waals surface area contributed by atoms with Crippen LogP contribution in [-0.2, 0) is 31.9 Å². The Morgan fingerprint density at radius 2 is 1.33 bits per heavy atom. The molecular formula is C52H48N3OPt-. The van der Waals surface area contributed by atoms with Crippen LogP contribution in [0.4, 0.5) is 0 Å². The molecular weight excluding hydrogens is 878 g/mol. The molecule has 288 valence electrons. The maximum atomic E-state index is 11.8. The van der Waals surface area contributed by atoms with Crippen LogP contribution in [0.3, 0.4) is 0 Å². The number of aromatic hydroxyl groups is 1. The van der Waals surface area contributed by atoms with Crippen molar-refractivity contribution < 1.29 is 38.5 Å². The summed E-state index contributed by atoms with van der Waals surface area (Å²) in [4.78, 5) is 10.2. The van der Waals surface area contributed by atoms with Gasteiger partial charge in [-0.1, -0.05) is 143 Å². The summed E-state index contributed by atoms with van der Waals surface area (Å²) < 4.78 is 78.5. The molecule has 0 saturated carbocycles. The van der Waals surface area contributed by atoms with E-state index < -0.39 is 26.0 Å². The van der Waals surface area contributed by atoms with Gasteiger partial charge in [-0.2, -0.15) is 0 Å². The number of hydrogen-bond donors (Lipinski definition) is 1. The van der Waals surface area contributed by atoms with E-state index in [9.17, 15) is 5.11 Å². The number of imidazole rings is 1. The smallest absolute Gasteiger partial charge is 0.148 e. The number of aromatic nitrogens is 3. The monoisotopic (exact) mass is 934 g/mol. The van der Waals surface area contributed by atoms with E-state index in [4.69, 9.17) is 22.3 Å². The molecule has 2 heterocycles. The van der Waals surface area contributed by atoms with Crippen molar-refractivity contribution in [3.8, 4) is 67.5 Å². The van der Waals surface area contributed by atoms with Gasteiger partial charge in [0.25, 0.3) is 0 Å². The summed E-state index contributed by atoms with van der Waals surface area (Å²) in [5, 5.41) is 11.8. The molecule has 0 aliphatic rings. The number of phenols is 1. The number of pyridine rings is 1. The van der Waals surface area contributed by atoms with Crippen molar-refractivity contribution in [3.05, 3.63) is 168 Å². The van der Waals surface area contributed by atoms with Crippen LogP contribution in [0, 0.1) is 19.9 Å². The molecule has 5 heteroatoms. The normalized spacial score (nSPS) is 14.8. The predicted octanol–water partition coefficient (Wildman–Crippen LogP) is 13.5. The van der Waals surface area contributed by atoms with Crippen LogP contribution in [0.15, 0.2) is 140 Å². The second-order valence-electron chi connectivity index (χ2n) is 15.5. The first kappa shape index (κ1) is 29.6. The summed E-state index contributed by atoms with van der Waals surface area (Å²) >= 11 is 0. The quantitative estimate of drug-likeness (QED) is 0.169. The van der Waals surface area contributed by atoms with Gasteiger partial charge in [0.2, 0.25) is 0 Å². The Kier molecular flexibility index (Phi) is 8.01. The first-order valence-electron chi connectivity index (χ1n) is 23.1. The summed E-state index contributed by atoms with van der Waals surface area (Å²) in [6.45, 7) is -0.243. The first-order chi connectivity index (χ1) is 30.5. The Bertz CT molecular complexity index is 3040. The minimum atomic E-state index is -3.47. The Labute approximate surface area is 364 Å². The van der Waals surface area contributed by atoms with Gasteiger partial charge in [-0.15, -0.1) is 29.3 Å². The first-order valence-corrected chi connectivity index (χ1v) is 18.6. The zero-order valence-electron chi connectivity index (χ0n) is 41.4. The van der Waals surface area contributed by atoms with E-state index in [0.717, 1.165) is 44.6 Å². The van der Waals surface area contributed by atoms with Crippen LogP contribution in [0.1, 0.15) is 75.9 Å². The van der Waals surface area contributed by atoms with E-state index in [1.165, 1.54) is 12.1 Å². The zero-order valence-corrected chi connectivity index (χ0v) is 34.7. The van der Waals surface area contributed by atoms with Gasteiger partial charge in [0, 0.05) is 50.9 Å². The molecule has 8 aromatic rings. The van der Waals surface area contributed by atoms with E-state index in [1.807, 2.05) is 79.1 Å². The molecule has 0 spiro atoms. The molecule has 0 amide bonds. The van der Waals surface area contributed by atoms with Crippen molar-refractivity contribution in [2.75, 3.05) is 0 Å². The molecule has 0 radical (unpaired) electrons. The van der Waals surface area contributed by atoms with Crippen molar-refractivity contribution >= 4 is 11.0 Å². The van der Waals surface area contributed by atoms with Crippen molar-refractivity contribution in [1.82, 2.24) is 14.5 Å². The van der Waals surface area contributed by atoms with Crippen LogP contribution in [0.2, 0.25) is 0 Å². The topological polar surface area (TPSA) is 50.9 Å². The third-order valence-electron chi connectivity index (χ3n) is 10.3. The predicted molar refractivity (Wildman–Crippen MR) is 233 cm³/mol. The van der Waals surface area contributed by atoms with Crippen LogP contribution >= 0.6 is 0 Å². The van der Waals surface area contributed by atoms with E-state index in [0.29, 0.717) is 44.8 Å². The molecule has 0 atom stereocenters. The number of benzene rings is 6. The molecule has 0 aliphatic carbocycles. The van der Waals surface area contributed by atoms with Gasteiger partial charge >= 0.3 is 0 Å². The standard InChI is InChI=1S/C52H48N3O.Pt/c1-33-26-34(2)49(56)44(27-33)50-54-48-42(20-15-21-47(48)55(50)46-23-22-40(51(3,4)5)32-43(46)36-18-13-10-14-19-36)38-28-39(30-41(29-38)52(6,7)8)45-31-37(24-25-53-45)35-16-11-9-12-17-35;/h9-27,29-32,56H,1-8H3;/q-1;/i3D3,4D3,5D3;. The maximum absolute atomic E-state index is 11.8. The number of hydrogen-bond acceptors (Lipinski definition) is 3. The van der Waals surface area contributed by atoms with Crippen molar-refractivity contribution in [3.63, 3.8) is 0 Å². The molecule has 0 fully saturated rings. The SMILES string of the molecule is [2H]C([2H])([2H])C(c1ccc(-n2c(-c3cc(C)cc(C)c3O)nc3c(-c4[c-]c(-c5cc(-c6ccccc6)ccn5)cc(C(C)(C)C)c4)cccc32)c(-c2ccccc2)c1)(C([2H])([2H])[2H])C([2H])([2H])[2H].[Pt]. The van der Waals surface area contributed by atoms with Gasteiger partial charge in [0.15, 0.2) is 0 Å². The summed E-state index contributed by atoms with van der Waals surface area (Å²) in [6.07, 6.45) is 1.80. The fourth-order valence-corrected chi connectivity index (χ4v) is 7.36. The Hall–Kier alpha value is -5.57. The molecule has 4 nitrogen and oxygen atoms in total. The Balaban J connectivity index is 0.00000648. The molecule has 0 saturated heterocycles. The van der Waals surface area contributed by atoms with Crippen LogP contribution in [-0.4, -0.2) is 19.6 Å². The second-order valence-corrected chi connectivity index (χ2v) is 15.5. The molecule has 0 unspecified atom stereocenters. The molecule has 1 N–H and O–H groups in total. The van der Waals surface area contributed by atoms with Gasteiger partial charge in [-0.25, -0.2) is 4.98 Å². The van der Waals surface area contributed by atoms with Crippen LogP contribution in [0.25, 0.3) is 72.7 Å². The maximum Gasteiger partial charge on any atom is 0.148 e. The molecule has 57 heavy (non-hydrogen) atoms. The third-order valence-corrected chi connectivity index (χ3v) is 10.3. The van der Waals surface area contributed by atoms with E-state index >= 15 is 0 Å². The Morgan fingerprint density at radius 1 is 0.632 bits per heavy atom. The number of rotatable bonds is 6. The molecule has 6 aromatic carbocycles. The number of nitrogens with zero attached hydrogens (tertiary/aromatic N) is 3. The Morgan fingerprint density at radius 3 is 2.04 bits per heavy atom. The minimum absolute atomic E-state index is 0. The summed E-state index contributed by atoms with van der Waals surface area (Å²) in [6, 6.07) is 44.7. The number of fused-ring (bicyclic) bond motifs is 1. The van der Waals surface area contributed by atoms with Crippen molar-refractivity contribution in [2.45, 2.75) is 66.0 Å². The zero-order chi connectivity index (χ0) is 46.9. The average molecular weight is 935 g/mol. The van der Waals surface area contributed by atoms with E-state index in [1.54, 1.807) is 36.5 Å². The summed E-state index contributed by atoms with van der Waals surface area (Å²) in [7, 11) is 0. The third kappa shape index (κ3) is 7.76. The van der Waals surface area contributed by atoms with Gasteiger partial charge < -0.3 is 5.11 Å². The molecule has 2 aromatic heterocycles. The second kappa shape index (κ2) is 15.4. The fraction of sp³-hybridized carbons (Fsp3) is 0.192. The van der Waals surface area contributed by atoms with Gasteiger partial charge in [-0.05, 0) is 88.4 Å². The number of aryl methyl sites for hydroxylation is 2. The number of phenolic OH excluding ortho intramolecular Hbond substituents is 1. The largest absolute Gasteiger partial charge is 0.507 e. The number of para-hydroxylation sites is 1. The van der Waals surface area contributed by atoms with Crippen molar-refractivity contribution in [2.24, 2.45) is 0 Å². The average Bonchev–Trinajstić information content (AvgIpc) is 3.63. The van der Waals surface area contributed by atoms with Crippen molar-refractivity contribution in [1.29, 1.82) is 0 Å². The summed E-state index contributed by atoms with van der Waals surface area (Å²) in [5.41, 5.74) is 6.67. The molecule has 8 rings (SSSR count). The molecule has 0 aliphatic heterocycles.